The number of ketones is 1. The van der Waals surface area contributed by atoms with Crippen LogP contribution in [0.1, 0.15) is 63.9 Å². The highest BCUT2D eigenvalue weighted by Gasteiger charge is 2.55. The van der Waals surface area contributed by atoms with E-state index in [1.165, 1.54) is 34.9 Å². The first-order valence-electron chi connectivity index (χ1n) is 24.8. The van der Waals surface area contributed by atoms with E-state index >= 15 is 0 Å². The van der Waals surface area contributed by atoms with Gasteiger partial charge in [-0.3, -0.25) is 19.3 Å². The van der Waals surface area contributed by atoms with Crippen LogP contribution in [0.4, 0.5) is 0 Å². The summed E-state index contributed by atoms with van der Waals surface area (Å²) in [5.41, 5.74) is 3.55. The normalized spacial score (nSPS) is 17.1. The summed E-state index contributed by atoms with van der Waals surface area (Å²) in [4.78, 5) is 80.1. The van der Waals surface area contributed by atoms with Gasteiger partial charge < -0.3 is 47.7 Å². The molecular weight excluding hydrogens is 1050 g/mol. The summed E-state index contributed by atoms with van der Waals surface area (Å²) in [6.45, 7) is 6.09. The third kappa shape index (κ3) is 13.6. The Bertz CT molecular complexity index is 3010. The van der Waals surface area contributed by atoms with Crippen molar-refractivity contribution in [1.82, 2.24) is 15.2 Å². The second-order valence-corrected chi connectivity index (χ2v) is 21.1. The highest BCUT2D eigenvalue weighted by Crippen LogP contribution is 2.47. The van der Waals surface area contributed by atoms with E-state index in [2.05, 4.69) is 20.1 Å². The minimum Gasteiger partial charge on any atom is -0.541 e. The number of benzene rings is 4. The molecule has 0 spiro atoms. The van der Waals surface area contributed by atoms with Gasteiger partial charge in [0.05, 0.1) is 74.4 Å². The van der Waals surface area contributed by atoms with Gasteiger partial charge in [0, 0.05) is 36.0 Å². The summed E-state index contributed by atoms with van der Waals surface area (Å²) in [6, 6.07) is 25.3. The van der Waals surface area contributed by atoms with Gasteiger partial charge in [-0.2, -0.15) is 0 Å². The zero-order valence-electron chi connectivity index (χ0n) is 43.2. The molecule has 0 saturated carbocycles. The van der Waals surface area contributed by atoms with Crippen LogP contribution in [-0.2, 0) is 53.2 Å². The highest BCUT2D eigenvalue weighted by atomic mass is 35.5. The molecule has 0 aliphatic carbocycles. The molecule has 1 aromatic heterocycles. The first-order valence-corrected chi connectivity index (χ1v) is 27.1. The van der Waals surface area contributed by atoms with Crippen LogP contribution in [0.3, 0.4) is 0 Å². The molecule has 8 rings (SSSR count). The van der Waals surface area contributed by atoms with Gasteiger partial charge in [0.1, 0.15) is 55.0 Å². The fraction of sp³-hybridized carbons (Fsp3) is 0.364. The van der Waals surface area contributed by atoms with Gasteiger partial charge in [-0.05, 0) is 79.1 Å². The van der Waals surface area contributed by atoms with E-state index in [-0.39, 0.29) is 66.2 Å². The maximum Gasteiger partial charge on any atom is 0.378 e. The largest absolute Gasteiger partial charge is 0.541 e. The summed E-state index contributed by atoms with van der Waals surface area (Å²) in [7, 11) is 9.78. The fourth-order valence-corrected chi connectivity index (χ4v) is 11.5. The minimum absolute atomic E-state index is 0.0665. The van der Waals surface area contributed by atoms with Crippen LogP contribution in [0.2, 0.25) is 5.02 Å². The maximum absolute atomic E-state index is 14.4. The molecule has 0 unspecified atom stereocenters. The number of quaternary nitrogens is 1. The molecule has 2 radical (unpaired) electrons. The van der Waals surface area contributed by atoms with Crippen LogP contribution in [0, 0.1) is 12.8 Å². The number of likely N-dealkylation sites (tertiary alicyclic amines) is 1. The number of hydrogen-bond donors (Lipinski definition) is 1. The number of fused-ring (bicyclic) bond motifs is 1. The smallest absolute Gasteiger partial charge is 0.378 e. The average Bonchev–Trinajstić information content (AvgIpc) is 4.18. The van der Waals surface area contributed by atoms with Crippen LogP contribution in [-0.4, -0.2) is 129 Å². The molecule has 22 heteroatoms. The maximum atomic E-state index is 14.4. The number of nitrogens with one attached hydrogen (secondary N) is 1. The molecule has 4 aromatic carbocycles. The number of oxime groups is 1. The van der Waals surface area contributed by atoms with Crippen molar-refractivity contribution in [1.29, 1.82) is 0 Å². The van der Waals surface area contributed by atoms with E-state index in [1.54, 1.807) is 70.0 Å². The van der Waals surface area contributed by atoms with E-state index in [0.29, 0.717) is 56.9 Å². The van der Waals surface area contributed by atoms with Crippen molar-refractivity contribution in [3.05, 3.63) is 140 Å². The van der Waals surface area contributed by atoms with Gasteiger partial charge in [-0.25, -0.2) is 14.6 Å². The molecule has 3 atom stereocenters. The SMILES string of the molecule is [B]OC(=O)[C@H](C)O/N=C(\C(=O)C[C@@H]1C(=O)N2C(C(=O)OCc3ccc(OC)cc3)=C(C[N+]3(CCNC(=O)c4ccc(OCc5ccc(OC)cc5)c(OCc5ccc(OC)cc5)c4Cl)CCCC3)CS[C@H]12)c1csc(C)n1. The third-order valence-corrected chi connectivity index (χ3v) is 16.0. The second kappa shape index (κ2) is 25.9. The number of halogens is 1. The number of carbonyl (C=O) groups excluding carboxylic acids is 5. The monoisotopic (exact) mass is 1110 g/mol. The molecule has 2 amide bonds. The number of thiazole rings is 1. The molecule has 2 fully saturated rings. The number of Topliss-reactive ketones (excluding diaryl/α,β-unsaturated/α-hetero) is 1. The summed E-state index contributed by atoms with van der Waals surface area (Å²) < 4.78 is 39.2. The Morgan fingerprint density at radius 3 is 2.03 bits per heavy atom. The average molecular weight is 1110 g/mol. The zero-order chi connectivity index (χ0) is 54.6. The Morgan fingerprint density at radius 1 is 0.857 bits per heavy atom. The summed E-state index contributed by atoms with van der Waals surface area (Å²) in [5.74, 6) is -0.799. The van der Waals surface area contributed by atoms with E-state index in [9.17, 15) is 24.0 Å². The molecule has 3 aliphatic heterocycles. The Labute approximate surface area is 460 Å². The van der Waals surface area contributed by atoms with Crippen molar-refractivity contribution in [3.63, 3.8) is 0 Å². The highest BCUT2D eigenvalue weighted by molar-refractivity contribution is 8.00. The third-order valence-electron chi connectivity index (χ3n) is 13.5. The predicted molar refractivity (Wildman–Crippen MR) is 289 cm³/mol. The lowest BCUT2D eigenvalue weighted by Crippen LogP contribution is -2.63. The molecular formula is C55H58BClN5O13S2+. The molecule has 1 N–H and O–H groups in total. The number of rotatable bonds is 25. The predicted octanol–water partition coefficient (Wildman–Crippen LogP) is 7.55. The van der Waals surface area contributed by atoms with Crippen molar-refractivity contribution < 1.29 is 66.4 Å². The number of aromatic nitrogens is 1. The number of esters is 1. The molecule has 5 aromatic rings. The van der Waals surface area contributed by atoms with E-state index in [4.69, 9.17) is 52.9 Å². The van der Waals surface area contributed by atoms with Crippen molar-refractivity contribution in [2.24, 2.45) is 11.1 Å². The van der Waals surface area contributed by atoms with Crippen LogP contribution in [0.15, 0.2) is 107 Å². The number of nitrogens with zero attached hydrogens (tertiary/aromatic N) is 4. The molecule has 3 aliphatic rings. The van der Waals surface area contributed by atoms with Crippen LogP contribution >= 0.6 is 34.7 Å². The first kappa shape index (κ1) is 56.1. The Balaban J connectivity index is 0.999. The van der Waals surface area contributed by atoms with Gasteiger partial charge in [0.25, 0.3) is 5.91 Å². The molecule has 2 saturated heterocycles. The van der Waals surface area contributed by atoms with Crippen molar-refractivity contribution in [2.45, 2.75) is 64.4 Å². The minimum atomic E-state index is -1.23. The molecule has 0 bridgehead atoms. The molecule has 4 heterocycles. The number of methoxy groups -OCH3 is 3. The Hall–Kier alpha value is -7.07. The Kier molecular flexibility index (Phi) is 18.9. The molecule has 77 heavy (non-hydrogen) atoms. The number of hydrogen-bond acceptors (Lipinski definition) is 17. The first-order chi connectivity index (χ1) is 37.2. The number of β-lactam (4-membered cyclic amide) rings is 1. The van der Waals surface area contributed by atoms with Gasteiger partial charge in [0.2, 0.25) is 12.0 Å². The van der Waals surface area contributed by atoms with E-state index in [0.717, 1.165) is 42.6 Å². The quantitative estimate of drug-likeness (QED) is 0.0150. The molecule has 402 valence electrons. The standard InChI is InChI=1S/C55H57BClN5O13S2/c1-33(54(66)74-56)75-60-48(44-32-76-34(2)59-44)45(63)26-43-52(65)61-49(55(67)73-30-37-12-18-41(70-5)19-13-37)38(31-77-53(43)61)27-62(23-6-7-24-62)25-22-58-51(64)42-20-21-46(71-28-35-8-14-39(68-3)15-9-35)50(47(42)57)72-29-36-10-16-40(69-4)17-11-36/h8-21,32-33,43,53H,6-7,22-31H2,1-5H3/p+1/b60-48-/t33-,43+,53+/m0/s1. The van der Waals surface area contributed by atoms with Crippen LogP contribution < -0.4 is 29.0 Å². The van der Waals surface area contributed by atoms with Gasteiger partial charge in [0.15, 0.2) is 23.0 Å². The van der Waals surface area contributed by atoms with Crippen LogP contribution in [0.25, 0.3) is 0 Å². The summed E-state index contributed by atoms with van der Waals surface area (Å²) >= 11 is 9.79. The van der Waals surface area contributed by atoms with Gasteiger partial charge >= 0.3 is 20.0 Å². The van der Waals surface area contributed by atoms with Crippen LogP contribution in [0.5, 0.6) is 28.7 Å². The lowest BCUT2D eigenvalue weighted by atomic mass is 9.89. The lowest BCUT2D eigenvalue weighted by Gasteiger charge is -2.50. The fourth-order valence-electron chi connectivity index (χ4n) is 9.24. The molecule has 18 nitrogen and oxygen atoms in total. The number of aryl methyl sites for hydroxylation is 1. The van der Waals surface area contributed by atoms with E-state index < -0.39 is 46.9 Å². The van der Waals surface area contributed by atoms with Crippen molar-refractivity contribution in [2.75, 3.05) is 59.8 Å². The van der Waals surface area contributed by atoms with Gasteiger partial charge in [-0.1, -0.05) is 53.2 Å². The number of ether oxygens (including phenoxy) is 6. The zero-order valence-corrected chi connectivity index (χ0v) is 45.6. The van der Waals surface area contributed by atoms with Crippen molar-refractivity contribution >= 4 is 78.0 Å². The summed E-state index contributed by atoms with van der Waals surface area (Å²) in [6.07, 6.45) is 0.324. The Morgan fingerprint density at radius 2 is 1.45 bits per heavy atom. The number of carbonyl (C=O) groups is 5. The second-order valence-electron chi connectivity index (χ2n) is 18.6. The van der Waals surface area contributed by atoms with E-state index in [1.807, 2.05) is 48.5 Å². The summed E-state index contributed by atoms with van der Waals surface area (Å²) in [5, 5.41) is 8.87. The van der Waals surface area contributed by atoms with Gasteiger partial charge in [-0.15, -0.1) is 23.1 Å². The van der Waals surface area contributed by atoms with Crippen molar-refractivity contribution in [3.8, 4) is 28.7 Å². The number of thioether (sulfide) groups is 1. The lowest BCUT2D eigenvalue weighted by molar-refractivity contribution is -0.911. The number of amides is 2. The topological polar surface area (TPSA) is 200 Å².